The summed E-state index contributed by atoms with van der Waals surface area (Å²) in [5, 5.41) is 3.58. The lowest BCUT2D eigenvalue weighted by atomic mass is 9.95. The molecule has 3 aromatic carbocycles. The Bertz CT molecular complexity index is 1500. The molecular weight excluding hydrogens is 418 g/mol. The van der Waals surface area contributed by atoms with Crippen molar-refractivity contribution in [3.8, 4) is 22.4 Å². The van der Waals surface area contributed by atoms with Gasteiger partial charge in [-0.25, -0.2) is 0 Å². The zero-order valence-electron chi connectivity index (χ0n) is 19.5. The lowest BCUT2D eigenvalue weighted by Crippen LogP contribution is -2.28. The van der Waals surface area contributed by atoms with Crippen molar-refractivity contribution in [2.45, 2.75) is 32.7 Å². The van der Waals surface area contributed by atoms with E-state index in [-0.39, 0.29) is 5.78 Å². The fourth-order valence-corrected chi connectivity index (χ4v) is 5.35. The van der Waals surface area contributed by atoms with Crippen LogP contribution in [0.5, 0.6) is 0 Å². The summed E-state index contributed by atoms with van der Waals surface area (Å²) in [6.07, 6.45) is 8.12. The summed E-state index contributed by atoms with van der Waals surface area (Å²) < 4.78 is 0. The van der Waals surface area contributed by atoms with Gasteiger partial charge in [0.25, 0.3) is 0 Å². The van der Waals surface area contributed by atoms with Gasteiger partial charge in [0, 0.05) is 57.4 Å². The molecule has 1 fully saturated rings. The van der Waals surface area contributed by atoms with E-state index in [9.17, 15) is 4.79 Å². The van der Waals surface area contributed by atoms with E-state index in [1.54, 1.807) is 6.92 Å². The normalized spacial score (nSPS) is 14.7. The highest BCUT2D eigenvalue weighted by atomic mass is 16.1. The first kappa shape index (κ1) is 20.9. The molecule has 0 bridgehead atoms. The van der Waals surface area contributed by atoms with Gasteiger partial charge in [-0.3, -0.25) is 9.69 Å². The van der Waals surface area contributed by atoms with Gasteiger partial charge in [0.05, 0.1) is 0 Å². The zero-order chi connectivity index (χ0) is 23.1. The maximum absolute atomic E-state index is 11.9. The van der Waals surface area contributed by atoms with E-state index in [2.05, 4.69) is 63.5 Å². The van der Waals surface area contributed by atoms with E-state index in [0.29, 0.717) is 0 Å². The largest absolute Gasteiger partial charge is 0.366 e. The summed E-state index contributed by atoms with van der Waals surface area (Å²) in [5.74, 6) is 0.0847. The number of rotatable bonds is 5. The average molecular weight is 448 g/mol. The number of piperidine rings is 1. The van der Waals surface area contributed by atoms with Crippen LogP contribution in [0.25, 0.3) is 44.1 Å². The second-order valence-electron chi connectivity index (χ2n) is 9.52. The summed E-state index contributed by atoms with van der Waals surface area (Å²) >= 11 is 0. The molecule has 1 aliphatic heterocycles. The molecule has 6 rings (SSSR count). The summed E-state index contributed by atoms with van der Waals surface area (Å²) in [6, 6.07) is 21.3. The number of aromatic amines is 2. The highest BCUT2D eigenvalue weighted by Crippen LogP contribution is 2.36. The zero-order valence-corrected chi connectivity index (χ0v) is 19.5. The molecule has 1 aliphatic rings. The number of aromatic nitrogens is 2. The van der Waals surface area contributed by atoms with Crippen molar-refractivity contribution in [3.05, 3.63) is 84.2 Å². The molecule has 0 atom stereocenters. The number of Topliss-reactive ketones (excluding diaryl/α,β-unsaturated/α-hetero) is 1. The molecule has 1 saturated heterocycles. The minimum absolute atomic E-state index is 0.0847. The Balaban J connectivity index is 1.37. The topological polar surface area (TPSA) is 51.9 Å². The van der Waals surface area contributed by atoms with Crippen molar-refractivity contribution < 1.29 is 4.79 Å². The molecule has 4 nitrogen and oxygen atoms in total. The number of benzene rings is 3. The molecule has 0 unspecified atom stereocenters. The van der Waals surface area contributed by atoms with Crippen LogP contribution in [0, 0.1) is 0 Å². The first-order valence-corrected chi connectivity index (χ1v) is 12.2. The predicted molar refractivity (Wildman–Crippen MR) is 140 cm³/mol. The molecule has 3 heterocycles. The second kappa shape index (κ2) is 8.62. The second-order valence-corrected chi connectivity index (χ2v) is 9.52. The third-order valence-electron chi connectivity index (χ3n) is 7.15. The van der Waals surface area contributed by atoms with Crippen molar-refractivity contribution in [1.29, 1.82) is 0 Å². The molecule has 2 aromatic heterocycles. The predicted octanol–water partition coefficient (Wildman–Crippen LogP) is 7.17. The Labute approximate surface area is 199 Å². The molecule has 0 amide bonds. The van der Waals surface area contributed by atoms with Crippen LogP contribution in [0.1, 0.15) is 42.1 Å². The molecule has 0 spiro atoms. The van der Waals surface area contributed by atoms with Gasteiger partial charge in [-0.2, -0.15) is 0 Å². The summed E-state index contributed by atoms with van der Waals surface area (Å²) in [5.41, 5.74) is 7.77. The van der Waals surface area contributed by atoms with Crippen LogP contribution in [-0.2, 0) is 6.54 Å². The van der Waals surface area contributed by atoms with Crippen LogP contribution in [0.15, 0.2) is 73.1 Å². The fraction of sp³-hybridized carbons (Fsp3) is 0.233. The van der Waals surface area contributed by atoms with Crippen LogP contribution in [0.3, 0.4) is 0 Å². The molecule has 2 N–H and O–H groups in total. The van der Waals surface area contributed by atoms with E-state index in [4.69, 9.17) is 0 Å². The number of fused-ring (bicyclic) bond motifs is 2. The van der Waals surface area contributed by atoms with E-state index in [1.807, 2.05) is 24.4 Å². The number of carbonyl (C=O) groups is 1. The van der Waals surface area contributed by atoms with Gasteiger partial charge in [-0.15, -0.1) is 0 Å². The van der Waals surface area contributed by atoms with Gasteiger partial charge in [-0.1, -0.05) is 42.8 Å². The van der Waals surface area contributed by atoms with Crippen LogP contribution in [0.4, 0.5) is 0 Å². The Morgan fingerprint density at radius 3 is 2.50 bits per heavy atom. The molecule has 34 heavy (non-hydrogen) atoms. The highest BCUT2D eigenvalue weighted by molar-refractivity contribution is 6.06. The highest BCUT2D eigenvalue weighted by Gasteiger charge is 2.14. The van der Waals surface area contributed by atoms with Crippen molar-refractivity contribution in [3.63, 3.8) is 0 Å². The SMILES string of the molecule is CC(=O)c1cccc(-c2ccc(-c3cc4cc(CN5CCCCC5)ccc4[nH]3)c3c[nH]cc23)c1. The van der Waals surface area contributed by atoms with Crippen molar-refractivity contribution in [2.24, 2.45) is 0 Å². The van der Waals surface area contributed by atoms with Crippen molar-refractivity contribution in [2.75, 3.05) is 13.1 Å². The standard InChI is InChI=1S/C30H29N3O/c1-20(34)22-6-5-7-23(15-22)25-9-10-26(28-18-31-17-27(25)28)30-16-24-14-21(8-11-29(24)32-30)19-33-12-3-2-4-13-33/h5-11,14-18,31-32H,2-4,12-13,19H2,1H3. The molecule has 4 heteroatoms. The van der Waals surface area contributed by atoms with E-state index >= 15 is 0 Å². The van der Waals surface area contributed by atoms with Gasteiger partial charge in [0.1, 0.15) is 0 Å². The number of likely N-dealkylation sites (tertiary alicyclic amines) is 1. The Kier molecular flexibility index (Phi) is 5.31. The van der Waals surface area contributed by atoms with E-state index < -0.39 is 0 Å². The summed E-state index contributed by atoms with van der Waals surface area (Å²) in [6.45, 7) is 5.07. The fourth-order valence-electron chi connectivity index (χ4n) is 5.35. The third-order valence-corrected chi connectivity index (χ3v) is 7.15. The molecule has 5 aromatic rings. The third kappa shape index (κ3) is 3.84. The van der Waals surface area contributed by atoms with Gasteiger partial charge in [0.15, 0.2) is 5.78 Å². The van der Waals surface area contributed by atoms with Gasteiger partial charge >= 0.3 is 0 Å². The lowest BCUT2D eigenvalue weighted by Gasteiger charge is -2.26. The van der Waals surface area contributed by atoms with Crippen LogP contribution in [0.2, 0.25) is 0 Å². The van der Waals surface area contributed by atoms with Crippen LogP contribution in [-0.4, -0.2) is 33.7 Å². The first-order chi connectivity index (χ1) is 16.7. The average Bonchev–Trinajstić information content (AvgIpc) is 3.51. The first-order valence-electron chi connectivity index (χ1n) is 12.2. The van der Waals surface area contributed by atoms with E-state index in [1.165, 1.54) is 59.8 Å². The summed E-state index contributed by atoms with van der Waals surface area (Å²) in [7, 11) is 0. The Morgan fingerprint density at radius 2 is 1.68 bits per heavy atom. The van der Waals surface area contributed by atoms with Gasteiger partial charge in [0.2, 0.25) is 0 Å². The minimum atomic E-state index is 0.0847. The number of hydrogen-bond donors (Lipinski definition) is 2. The van der Waals surface area contributed by atoms with Gasteiger partial charge in [-0.05, 0) is 73.8 Å². The maximum Gasteiger partial charge on any atom is 0.159 e. The number of nitrogens with one attached hydrogen (secondary N) is 2. The molecule has 0 radical (unpaired) electrons. The lowest BCUT2D eigenvalue weighted by molar-refractivity contribution is 0.101. The van der Waals surface area contributed by atoms with Crippen molar-refractivity contribution >= 4 is 27.5 Å². The quantitative estimate of drug-likeness (QED) is 0.281. The van der Waals surface area contributed by atoms with Gasteiger partial charge < -0.3 is 9.97 Å². The Morgan fingerprint density at radius 1 is 0.882 bits per heavy atom. The number of H-pyrrole nitrogens is 2. The number of hydrogen-bond acceptors (Lipinski definition) is 2. The summed E-state index contributed by atoms with van der Waals surface area (Å²) in [4.78, 5) is 21.4. The minimum Gasteiger partial charge on any atom is -0.366 e. The van der Waals surface area contributed by atoms with Crippen LogP contribution >= 0.6 is 0 Å². The van der Waals surface area contributed by atoms with Crippen LogP contribution < -0.4 is 0 Å². The van der Waals surface area contributed by atoms with E-state index in [0.717, 1.165) is 34.3 Å². The number of nitrogens with zero attached hydrogens (tertiary/aromatic N) is 1. The monoisotopic (exact) mass is 447 g/mol. The number of ketones is 1. The molecular formula is C30H29N3O. The molecule has 0 saturated carbocycles. The van der Waals surface area contributed by atoms with Crippen molar-refractivity contribution in [1.82, 2.24) is 14.9 Å². The number of carbonyl (C=O) groups excluding carboxylic acids is 1. The Hall–Kier alpha value is -3.63. The smallest absolute Gasteiger partial charge is 0.159 e. The maximum atomic E-state index is 11.9. The molecule has 170 valence electrons. The molecule has 0 aliphatic carbocycles.